The number of β-amino-alcohol motifs (C(OH)–C–C–N with tert-alkyl or cyclic N) is 1. The number of benzene rings is 2. The lowest BCUT2D eigenvalue weighted by Gasteiger charge is -2.23. The van der Waals surface area contributed by atoms with Crippen molar-refractivity contribution in [2.24, 2.45) is 0 Å². The van der Waals surface area contributed by atoms with Crippen LogP contribution in [0.5, 0.6) is 11.5 Å². The number of aliphatic hydroxyl groups excluding tert-OH is 1. The van der Waals surface area contributed by atoms with E-state index < -0.39 is 6.10 Å². The van der Waals surface area contributed by atoms with Gasteiger partial charge in [0, 0.05) is 18.6 Å². The Morgan fingerprint density at radius 1 is 1.07 bits per heavy atom. The number of nitrogens with one attached hydrogen (secondary N) is 2. The standard InChI is InChI=1S/C22H32N2O3/c1-14-9-16(10-15(2)21(14)27-6)12-23-18-11-17(7-8-19(18)25)20(26)13-24-22(3,4)5/h7-11,20,23-26H,12-13H2,1-6H3. The number of phenolic OH excluding ortho intramolecular Hbond substituents is 1. The molecule has 0 aliphatic carbocycles. The number of anilines is 1. The molecule has 2 aromatic rings. The molecule has 0 amide bonds. The fourth-order valence-electron chi connectivity index (χ4n) is 3.08. The van der Waals surface area contributed by atoms with E-state index in [1.54, 1.807) is 25.3 Å². The summed E-state index contributed by atoms with van der Waals surface area (Å²) in [6.07, 6.45) is -0.643. The second-order valence-corrected chi connectivity index (χ2v) is 8.04. The topological polar surface area (TPSA) is 73.8 Å². The summed E-state index contributed by atoms with van der Waals surface area (Å²) in [7, 11) is 1.68. The summed E-state index contributed by atoms with van der Waals surface area (Å²) in [6, 6.07) is 9.30. The summed E-state index contributed by atoms with van der Waals surface area (Å²) in [6.45, 7) is 11.2. The third-order valence-corrected chi connectivity index (χ3v) is 4.44. The molecule has 0 radical (unpaired) electrons. The molecular formula is C22H32N2O3. The number of hydrogen-bond donors (Lipinski definition) is 4. The van der Waals surface area contributed by atoms with Crippen LogP contribution in [0.2, 0.25) is 0 Å². The van der Waals surface area contributed by atoms with Gasteiger partial charge in [0.15, 0.2) is 0 Å². The third-order valence-electron chi connectivity index (χ3n) is 4.44. The highest BCUT2D eigenvalue weighted by atomic mass is 16.5. The van der Waals surface area contributed by atoms with Gasteiger partial charge in [0.25, 0.3) is 0 Å². The van der Waals surface area contributed by atoms with Crippen molar-refractivity contribution in [1.82, 2.24) is 5.32 Å². The molecule has 148 valence electrons. The molecular weight excluding hydrogens is 340 g/mol. The minimum atomic E-state index is -0.643. The highest BCUT2D eigenvalue weighted by Gasteiger charge is 2.15. The molecule has 1 atom stereocenters. The fraction of sp³-hybridized carbons (Fsp3) is 0.455. The van der Waals surface area contributed by atoms with Gasteiger partial charge in [0.1, 0.15) is 11.5 Å². The van der Waals surface area contributed by atoms with Crippen LogP contribution in [-0.4, -0.2) is 29.4 Å². The first-order valence-corrected chi connectivity index (χ1v) is 9.24. The number of ether oxygens (including phenoxy) is 1. The van der Waals surface area contributed by atoms with E-state index in [0.717, 1.165) is 28.0 Å². The van der Waals surface area contributed by atoms with Crippen LogP contribution >= 0.6 is 0 Å². The van der Waals surface area contributed by atoms with Crippen LogP contribution in [0.4, 0.5) is 5.69 Å². The summed E-state index contributed by atoms with van der Waals surface area (Å²) >= 11 is 0. The summed E-state index contributed by atoms with van der Waals surface area (Å²) in [4.78, 5) is 0. The molecule has 0 saturated heterocycles. The zero-order valence-electron chi connectivity index (χ0n) is 17.2. The predicted octanol–water partition coefficient (Wildman–Crippen LogP) is 4.05. The minimum absolute atomic E-state index is 0.0664. The Morgan fingerprint density at radius 3 is 2.26 bits per heavy atom. The van der Waals surface area contributed by atoms with Gasteiger partial charge in [-0.15, -0.1) is 0 Å². The van der Waals surface area contributed by atoms with Gasteiger partial charge in [0.2, 0.25) is 0 Å². The van der Waals surface area contributed by atoms with Crippen molar-refractivity contribution in [3.8, 4) is 11.5 Å². The average Bonchev–Trinajstić information content (AvgIpc) is 2.58. The van der Waals surface area contributed by atoms with E-state index in [2.05, 4.69) is 43.5 Å². The largest absolute Gasteiger partial charge is 0.506 e. The van der Waals surface area contributed by atoms with Gasteiger partial charge in [-0.3, -0.25) is 0 Å². The Kier molecular flexibility index (Phi) is 6.73. The van der Waals surface area contributed by atoms with E-state index in [-0.39, 0.29) is 11.3 Å². The summed E-state index contributed by atoms with van der Waals surface area (Å²) in [5.41, 5.74) is 4.56. The second-order valence-electron chi connectivity index (χ2n) is 8.04. The Balaban J connectivity index is 2.10. The van der Waals surface area contributed by atoms with Gasteiger partial charge < -0.3 is 25.6 Å². The van der Waals surface area contributed by atoms with Gasteiger partial charge in [-0.2, -0.15) is 0 Å². The lowest BCUT2D eigenvalue weighted by Crippen LogP contribution is -2.38. The summed E-state index contributed by atoms with van der Waals surface area (Å²) < 4.78 is 5.41. The van der Waals surface area contributed by atoms with Gasteiger partial charge in [-0.25, -0.2) is 0 Å². The average molecular weight is 373 g/mol. The van der Waals surface area contributed by atoms with E-state index in [9.17, 15) is 10.2 Å². The van der Waals surface area contributed by atoms with Gasteiger partial charge >= 0.3 is 0 Å². The summed E-state index contributed by atoms with van der Waals surface area (Å²) in [5.74, 6) is 1.06. The Labute approximate surface area is 162 Å². The van der Waals surface area contributed by atoms with Crippen LogP contribution in [0.15, 0.2) is 30.3 Å². The molecule has 27 heavy (non-hydrogen) atoms. The maximum atomic E-state index is 10.4. The number of aryl methyl sites for hydroxylation is 2. The number of methoxy groups -OCH3 is 1. The molecule has 0 fully saturated rings. The van der Waals surface area contributed by atoms with Gasteiger partial charge in [-0.1, -0.05) is 18.2 Å². The molecule has 4 N–H and O–H groups in total. The molecule has 0 heterocycles. The molecule has 5 nitrogen and oxygen atoms in total. The summed E-state index contributed by atoms with van der Waals surface area (Å²) in [5, 5.41) is 27.2. The number of rotatable bonds is 7. The molecule has 1 unspecified atom stereocenters. The number of hydrogen-bond acceptors (Lipinski definition) is 5. The first kappa shape index (κ1) is 21.1. The van der Waals surface area contributed by atoms with Gasteiger partial charge in [-0.05, 0) is 69.0 Å². The first-order chi connectivity index (χ1) is 12.6. The van der Waals surface area contributed by atoms with E-state index in [1.807, 2.05) is 13.8 Å². The lowest BCUT2D eigenvalue weighted by atomic mass is 10.0. The Bertz CT molecular complexity index is 759. The van der Waals surface area contributed by atoms with Crippen LogP contribution < -0.4 is 15.4 Å². The smallest absolute Gasteiger partial charge is 0.138 e. The van der Waals surface area contributed by atoms with Crippen LogP contribution in [-0.2, 0) is 6.54 Å². The lowest BCUT2D eigenvalue weighted by molar-refractivity contribution is 0.163. The van der Waals surface area contributed by atoms with Crippen LogP contribution in [0, 0.1) is 13.8 Å². The fourth-order valence-corrected chi connectivity index (χ4v) is 3.08. The molecule has 5 heteroatoms. The molecule has 2 rings (SSSR count). The molecule has 0 bridgehead atoms. The zero-order valence-corrected chi connectivity index (χ0v) is 17.2. The van der Waals surface area contributed by atoms with Crippen LogP contribution in [0.3, 0.4) is 0 Å². The predicted molar refractivity (Wildman–Crippen MR) is 111 cm³/mol. The monoisotopic (exact) mass is 372 g/mol. The van der Waals surface area contributed by atoms with E-state index in [4.69, 9.17) is 4.74 Å². The zero-order chi connectivity index (χ0) is 20.2. The Morgan fingerprint density at radius 2 is 1.70 bits per heavy atom. The van der Waals surface area contributed by atoms with Crippen molar-refractivity contribution in [1.29, 1.82) is 0 Å². The van der Waals surface area contributed by atoms with Crippen molar-refractivity contribution < 1.29 is 14.9 Å². The maximum Gasteiger partial charge on any atom is 0.138 e. The van der Waals surface area contributed by atoms with Crippen molar-refractivity contribution >= 4 is 5.69 Å². The minimum Gasteiger partial charge on any atom is -0.506 e. The molecule has 0 aliphatic rings. The molecule has 0 spiro atoms. The first-order valence-electron chi connectivity index (χ1n) is 9.24. The van der Waals surface area contributed by atoms with E-state index in [0.29, 0.717) is 18.8 Å². The van der Waals surface area contributed by atoms with E-state index in [1.165, 1.54) is 0 Å². The van der Waals surface area contributed by atoms with Crippen LogP contribution in [0.25, 0.3) is 0 Å². The number of aliphatic hydroxyl groups is 1. The molecule has 0 saturated carbocycles. The highest BCUT2D eigenvalue weighted by molar-refractivity contribution is 5.58. The molecule has 2 aromatic carbocycles. The Hall–Kier alpha value is -2.24. The van der Waals surface area contributed by atoms with E-state index >= 15 is 0 Å². The van der Waals surface area contributed by atoms with Crippen molar-refractivity contribution in [3.63, 3.8) is 0 Å². The number of aromatic hydroxyl groups is 1. The molecule has 0 aliphatic heterocycles. The quantitative estimate of drug-likeness (QED) is 0.552. The van der Waals surface area contributed by atoms with Crippen molar-refractivity contribution in [2.75, 3.05) is 19.0 Å². The van der Waals surface area contributed by atoms with Crippen molar-refractivity contribution in [3.05, 3.63) is 52.6 Å². The maximum absolute atomic E-state index is 10.4. The van der Waals surface area contributed by atoms with Gasteiger partial charge in [0.05, 0.1) is 18.9 Å². The second kappa shape index (κ2) is 8.63. The molecule has 0 aromatic heterocycles. The number of phenols is 1. The van der Waals surface area contributed by atoms with Crippen LogP contribution in [0.1, 0.15) is 49.1 Å². The SMILES string of the molecule is COc1c(C)cc(CNc2cc(C(O)CNC(C)(C)C)ccc2O)cc1C. The van der Waals surface area contributed by atoms with Crippen molar-refractivity contribution in [2.45, 2.75) is 52.8 Å². The third kappa shape index (κ3) is 5.88. The highest BCUT2D eigenvalue weighted by Crippen LogP contribution is 2.29. The normalized spacial score (nSPS) is 12.7.